The second-order valence-corrected chi connectivity index (χ2v) is 7.68. The predicted molar refractivity (Wildman–Crippen MR) is 123 cm³/mol. The third-order valence-electron chi connectivity index (χ3n) is 4.84. The molecule has 30 heavy (non-hydrogen) atoms. The molecular formula is C23H25N3O3S. The molecule has 0 aromatic heterocycles. The highest BCUT2D eigenvalue weighted by atomic mass is 32.2. The molecule has 0 aliphatic carbocycles. The highest BCUT2D eigenvalue weighted by Crippen LogP contribution is 2.34. The van der Waals surface area contributed by atoms with Crippen molar-refractivity contribution in [1.29, 1.82) is 0 Å². The molecular weight excluding hydrogens is 398 g/mol. The molecule has 3 rings (SSSR count). The molecule has 0 saturated carbocycles. The molecule has 2 aromatic rings. The van der Waals surface area contributed by atoms with Crippen LogP contribution in [0, 0.1) is 0 Å². The Labute approximate surface area is 180 Å². The molecule has 1 saturated heterocycles. The summed E-state index contributed by atoms with van der Waals surface area (Å²) in [6.07, 6.45) is 1.87. The van der Waals surface area contributed by atoms with Crippen molar-refractivity contribution in [3.05, 3.63) is 64.6 Å². The van der Waals surface area contributed by atoms with E-state index in [9.17, 15) is 14.7 Å². The minimum absolute atomic E-state index is 0.0940. The molecule has 1 amide bonds. The number of nitrogens with zero attached hydrogens (tertiary/aromatic N) is 3. The van der Waals surface area contributed by atoms with Gasteiger partial charge in [-0.25, -0.2) is 9.79 Å². The van der Waals surface area contributed by atoms with E-state index in [0.717, 1.165) is 24.3 Å². The second kappa shape index (κ2) is 9.63. The molecule has 0 atom stereocenters. The lowest BCUT2D eigenvalue weighted by Crippen LogP contribution is -2.28. The number of rotatable bonds is 7. The molecule has 1 aliphatic rings. The Hall–Kier alpha value is -3.06. The van der Waals surface area contributed by atoms with Crippen LogP contribution in [0.5, 0.6) is 0 Å². The van der Waals surface area contributed by atoms with Gasteiger partial charge in [-0.3, -0.25) is 9.69 Å². The Morgan fingerprint density at radius 3 is 2.43 bits per heavy atom. The van der Waals surface area contributed by atoms with E-state index >= 15 is 0 Å². The average molecular weight is 424 g/mol. The van der Waals surface area contributed by atoms with Crippen LogP contribution < -0.4 is 4.90 Å². The number of hydrogen-bond donors (Lipinski definition) is 1. The van der Waals surface area contributed by atoms with Gasteiger partial charge in [-0.1, -0.05) is 18.2 Å². The number of carboxylic acid groups (broad SMARTS) is 1. The van der Waals surface area contributed by atoms with Crippen molar-refractivity contribution in [3.63, 3.8) is 0 Å². The zero-order chi connectivity index (χ0) is 21.7. The van der Waals surface area contributed by atoms with Crippen molar-refractivity contribution in [1.82, 2.24) is 4.90 Å². The Kier molecular flexibility index (Phi) is 6.95. The maximum Gasteiger partial charge on any atom is 0.335 e. The number of amides is 1. The molecule has 2 aromatic carbocycles. The fourth-order valence-electron chi connectivity index (χ4n) is 3.21. The molecule has 1 heterocycles. The number of hydrogen-bond acceptors (Lipinski definition) is 5. The first kappa shape index (κ1) is 21.6. The summed E-state index contributed by atoms with van der Waals surface area (Å²) in [7, 11) is 0. The number of carboxylic acids is 1. The molecule has 0 unspecified atom stereocenters. The van der Waals surface area contributed by atoms with Crippen molar-refractivity contribution in [2.45, 2.75) is 20.8 Å². The zero-order valence-electron chi connectivity index (χ0n) is 17.3. The standard InChI is InChI=1S/C23H25N3O3S/c1-4-25(5-2)19-12-10-16(11-13-19)14-20-21(27)26(6-3)23(30-20)24-18-9-7-8-17(15-18)22(28)29/h7-15H,4-6H2,1-3H3,(H,28,29). The fourth-order valence-corrected chi connectivity index (χ4v) is 4.27. The van der Waals surface area contributed by atoms with Crippen molar-refractivity contribution < 1.29 is 14.7 Å². The summed E-state index contributed by atoms with van der Waals surface area (Å²) in [6.45, 7) is 8.52. The van der Waals surface area contributed by atoms with E-state index in [0.29, 0.717) is 22.3 Å². The van der Waals surface area contributed by atoms with Gasteiger partial charge >= 0.3 is 5.97 Å². The van der Waals surface area contributed by atoms with Crippen molar-refractivity contribution in [2.24, 2.45) is 4.99 Å². The number of carbonyl (C=O) groups excluding carboxylic acids is 1. The van der Waals surface area contributed by atoms with Crippen LogP contribution in [0.15, 0.2) is 58.4 Å². The van der Waals surface area contributed by atoms with Crippen molar-refractivity contribution in [2.75, 3.05) is 24.5 Å². The van der Waals surface area contributed by atoms with E-state index in [1.165, 1.54) is 23.9 Å². The first-order valence-electron chi connectivity index (χ1n) is 9.95. The van der Waals surface area contributed by atoms with Gasteiger partial charge in [-0.15, -0.1) is 0 Å². The fraction of sp³-hybridized carbons (Fsp3) is 0.261. The van der Waals surface area contributed by atoms with E-state index < -0.39 is 5.97 Å². The lowest BCUT2D eigenvalue weighted by atomic mass is 10.1. The average Bonchev–Trinajstić information content (AvgIpc) is 3.04. The SMILES string of the molecule is CCN1C(=O)C(=Cc2ccc(N(CC)CC)cc2)SC1=Nc1cccc(C(=O)O)c1. The molecule has 1 fully saturated rings. The minimum Gasteiger partial charge on any atom is -0.478 e. The minimum atomic E-state index is -1.01. The Bertz CT molecular complexity index is 995. The zero-order valence-corrected chi connectivity index (χ0v) is 18.1. The summed E-state index contributed by atoms with van der Waals surface area (Å²) in [5.41, 5.74) is 2.78. The molecule has 0 spiro atoms. The normalized spacial score (nSPS) is 16.5. The van der Waals surface area contributed by atoms with Crippen LogP contribution in [-0.4, -0.2) is 46.7 Å². The van der Waals surface area contributed by atoms with Crippen LogP contribution in [0.25, 0.3) is 6.08 Å². The highest BCUT2D eigenvalue weighted by Gasteiger charge is 2.32. The van der Waals surface area contributed by atoms with Crippen LogP contribution in [0.1, 0.15) is 36.7 Å². The van der Waals surface area contributed by atoms with E-state index in [4.69, 9.17) is 0 Å². The summed E-state index contributed by atoms with van der Waals surface area (Å²) < 4.78 is 0. The maximum atomic E-state index is 12.8. The summed E-state index contributed by atoms with van der Waals surface area (Å²) in [4.78, 5) is 33.0. The van der Waals surface area contributed by atoms with Gasteiger partial charge in [0.1, 0.15) is 0 Å². The van der Waals surface area contributed by atoms with Gasteiger partial charge in [0.15, 0.2) is 5.17 Å². The van der Waals surface area contributed by atoms with E-state index in [1.807, 2.05) is 25.1 Å². The van der Waals surface area contributed by atoms with E-state index in [-0.39, 0.29) is 11.5 Å². The van der Waals surface area contributed by atoms with Gasteiger partial charge in [-0.05, 0) is 74.5 Å². The third-order valence-corrected chi connectivity index (χ3v) is 5.85. The number of carbonyl (C=O) groups is 2. The monoisotopic (exact) mass is 423 g/mol. The molecule has 0 radical (unpaired) electrons. The lowest BCUT2D eigenvalue weighted by Gasteiger charge is -2.20. The van der Waals surface area contributed by atoms with Crippen LogP contribution in [0.4, 0.5) is 11.4 Å². The topological polar surface area (TPSA) is 73.2 Å². The van der Waals surface area contributed by atoms with Crippen LogP contribution in [0.3, 0.4) is 0 Å². The maximum absolute atomic E-state index is 12.8. The smallest absolute Gasteiger partial charge is 0.335 e. The van der Waals surface area contributed by atoms with Crippen molar-refractivity contribution >= 4 is 46.3 Å². The molecule has 0 bridgehead atoms. The van der Waals surface area contributed by atoms with E-state index in [1.54, 1.807) is 17.0 Å². The Balaban J connectivity index is 1.87. The molecule has 1 aliphatic heterocycles. The van der Waals surface area contributed by atoms with Crippen LogP contribution in [0.2, 0.25) is 0 Å². The van der Waals surface area contributed by atoms with Crippen LogP contribution in [-0.2, 0) is 4.79 Å². The number of amidine groups is 1. The number of benzene rings is 2. The van der Waals surface area contributed by atoms with Gasteiger partial charge in [0.2, 0.25) is 0 Å². The molecule has 6 nitrogen and oxygen atoms in total. The summed E-state index contributed by atoms with van der Waals surface area (Å²) in [6, 6.07) is 14.5. The van der Waals surface area contributed by atoms with E-state index in [2.05, 4.69) is 35.9 Å². The highest BCUT2D eigenvalue weighted by molar-refractivity contribution is 8.18. The van der Waals surface area contributed by atoms with Crippen molar-refractivity contribution in [3.8, 4) is 0 Å². The number of aliphatic imine (C=N–C) groups is 1. The second-order valence-electron chi connectivity index (χ2n) is 6.67. The van der Waals surface area contributed by atoms with Gasteiger partial charge in [-0.2, -0.15) is 0 Å². The van der Waals surface area contributed by atoms with Gasteiger partial charge in [0, 0.05) is 25.3 Å². The summed E-state index contributed by atoms with van der Waals surface area (Å²) >= 11 is 1.30. The van der Waals surface area contributed by atoms with Crippen LogP contribution >= 0.6 is 11.8 Å². The largest absolute Gasteiger partial charge is 0.478 e. The van der Waals surface area contributed by atoms with Gasteiger partial charge in [0.25, 0.3) is 5.91 Å². The molecule has 156 valence electrons. The first-order valence-corrected chi connectivity index (χ1v) is 10.8. The Morgan fingerprint density at radius 2 is 1.83 bits per heavy atom. The Morgan fingerprint density at radius 1 is 1.13 bits per heavy atom. The van der Waals surface area contributed by atoms with Gasteiger partial charge in [0.05, 0.1) is 16.2 Å². The first-order chi connectivity index (χ1) is 14.5. The molecule has 7 heteroatoms. The lowest BCUT2D eigenvalue weighted by molar-refractivity contribution is -0.122. The van der Waals surface area contributed by atoms with Gasteiger partial charge < -0.3 is 10.0 Å². The number of likely N-dealkylation sites (N-methyl/N-ethyl adjacent to an activating group) is 1. The number of aromatic carboxylic acids is 1. The summed E-state index contributed by atoms with van der Waals surface area (Å²) in [5.74, 6) is -1.10. The molecule has 1 N–H and O–H groups in total. The number of anilines is 1. The third kappa shape index (κ3) is 4.74. The predicted octanol–water partition coefficient (Wildman–Crippen LogP) is 4.85. The summed E-state index contributed by atoms with van der Waals surface area (Å²) in [5, 5.41) is 9.72. The number of thioether (sulfide) groups is 1. The quantitative estimate of drug-likeness (QED) is 0.644.